The number of pyridine rings is 1. The SMILES string of the molecule is CNC(C(C)c1ccncc1)C1OCCC1C. The fourth-order valence-corrected chi connectivity index (χ4v) is 2.75. The van der Waals surface area contributed by atoms with Crippen molar-refractivity contribution in [2.45, 2.75) is 38.3 Å². The van der Waals surface area contributed by atoms with E-state index in [4.69, 9.17) is 4.74 Å². The molecular formula is C14H22N2O. The van der Waals surface area contributed by atoms with E-state index >= 15 is 0 Å². The Hall–Kier alpha value is -0.930. The largest absolute Gasteiger partial charge is 0.376 e. The van der Waals surface area contributed by atoms with Crippen LogP contribution in [-0.4, -0.2) is 30.8 Å². The van der Waals surface area contributed by atoms with Gasteiger partial charge in [0.05, 0.1) is 6.10 Å². The fourth-order valence-electron chi connectivity index (χ4n) is 2.75. The smallest absolute Gasteiger partial charge is 0.0760 e. The van der Waals surface area contributed by atoms with Gasteiger partial charge in [-0.25, -0.2) is 0 Å². The first-order chi connectivity index (χ1) is 8.24. The molecule has 2 rings (SSSR count). The molecule has 1 aliphatic rings. The second-order valence-corrected chi connectivity index (χ2v) is 4.99. The van der Waals surface area contributed by atoms with Gasteiger partial charge in [-0.2, -0.15) is 0 Å². The summed E-state index contributed by atoms with van der Waals surface area (Å²) in [5.41, 5.74) is 1.32. The molecule has 1 fully saturated rings. The summed E-state index contributed by atoms with van der Waals surface area (Å²) in [6.45, 7) is 5.43. The lowest BCUT2D eigenvalue weighted by molar-refractivity contribution is 0.0563. The molecule has 1 aromatic rings. The zero-order valence-corrected chi connectivity index (χ0v) is 10.9. The van der Waals surface area contributed by atoms with Gasteiger partial charge in [0, 0.05) is 25.0 Å². The standard InChI is InChI=1S/C14H22N2O/c1-10-6-9-17-14(10)13(15-3)11(2)12-4-7-16-8-5-12/h4-5,7-8,10-11,13-15H,6,9H2,1-3H3. The van der Waals surface area contributed by atoms with E-state index in [0.717, 1.165) is 6.61 Å². The molecule has 4 atom stereocenters. The molecule has 1 saturated heterocycles. The lowest BCUT2D eigenvalue weighted by atomic mass is 9.86. The highest BCUT2D eigenvalue weighted by atomic mass is 16.5. The highest BCUT2D eigenvalue weighted by Crippen LogP contribution is 2.30. The molecule has 17 heavy (non-hydrogen) atoms. The van der Waals surface area contributed by atoms with Crippen LogP contribution < -0.4 is 5.32 Å². The van der Waals surface area contributed by atoms with Gasteiger partial charge < -0.3 is 10.1 Å². The Kier molecular flexibility index (Phi) is 4.13. The minimum atomic E-state index is 0.322. The van der Waals surface area contributed by atoms with Crippen LogP contribution in [0.1, 0.15) is 31.7 Å². The van der Waals surface area contributed by atoms with Gasteiger partial charge in [-0.3, -0.25) is 4.98 Å². The topological polar surface area (TPSA) is 34.2 Å². The Balaban J connectivity index is 2.13. The predicted molar refractivity (Wildman–Crippen MR) is 69.0 cm³/mol. The summed E-state index contributed by atoms with van der Waals surface area (Å²) in [6.07, 6.45) is 5.21. The van der Waals surface area contributed by atoms with Crippen LogP contribution in [0.15, 0.2) is 24.5 Å². The molecule has 1 aromatic heterocycles. The summed E-state index contributed by atoms with van der Waals surface area (Å²) < 4.78 is 5.88. The van der Waals surface area contributed by atoms with Crippen LogP contribution >= 0.6 is 0 Å². The summed E-state index contributed by atoms with van der Waals surface area (Å²) in [5, 5.41) is 3.43. The zero-order chi connectivity index (χ0) is 12.3. The minimum absolute atomic E-state index is 0.322. The van der Waals surface area contributed by atoms with E-state index in [1.165, 1.54) is 12.0 Å². The molecule has 4 unspecified atom stereocenters. The Bertz CT molecular complexity index is 341. The quantitative estimate of drug-likeness (QED) is 0.867. The fraction of sp³-hybridized carbons (Fsp3) is 0.643. The van der Waals surface area contributed by atoms with Crippen molar-refractivity contribution in [3.8, 4) is 0 Å². The molecule has 1 aliphatic heterocycles. The lowest BCUT2D eigenvalue weighted by Gasteiger charge is -2.31. The maximum absolute atomic E-state index is 5.88. The summed E-state index contributed by atoms with van der Waals surface area (Å²) in [6, 6.07) is 4.55. The minimum Gasteiger partial charge on any atom is -0.376 e. The molecule has 0 amide bonds. The van der Waals surface area contributed by atoms with Crippen molar-refractivity contribution >= 4 is 0 Å². The number of ether oxygens (including phenoxy) is 1. The van der Waals surface area contributed by atoms with Gasteiger partial charge in [0.15, 0.2) is 0 Å². The average Bonchev–Trinajstić information content (AvgIpc) is 2.78. The molecular weight excluding hydrogens is 212 g/mol. The molecule has 0 aromatic carbocycles. The monoisotopic (exact) mass is 234 g/mol. The molecule has 1 N–H and O–H groups in total. The van der Waals surface area contributed by atoms with Crippen molar-refractivity contribution in [2.75, 3.05) is 13.7 Å². The van der Waals surface area contributed by atoms with Crippen LogP contribution in [0.2, 0.25) is 0 Å². The summed E-state index contributed by atoms with van der Waals surface area (Å²) in [4.78, 5) is 4.07. The van der Waals surface area contributed by atoms with Crippen LogP contribution in [0.3, 0.4) is 0 Å². The summed E-state index contributed by atoms with van der Waals surface area (Å²) in [7, 11) is 2.02. The summed E-state index contributed by atoms with van der Waals surface area (Å²) in [5.74, 6) is 1.07. The van der Waals surface area contributed by atoms with E-state index in [9.17, 15) is 0 Å². The van der Waals surface area contributed by atoms with Crippen molar-refractivity contribution in [1.82, 2.24) is 10.3 Å². The van der Waals surface area contributed by atoms with Crippen LogP contribution in [0, 0.1) is 5.92 Å². The van der Waals surface area contributed by atoms with E-state index < -0.39 is 0 Å². The van der Waals surface area contributed by atoms with Crippen LogP contribution in [0.25, 0.3) is 0 Å². The first-order valence-electron chi connectivity index (χ1n) is 6.43. The maximum atomic E-state index is 5.88. The highest BCUT2D eigenvalue weighted by Gasteiger charge is 2.34. The van der Waals surface area contributed by atoms with Crippen molar-refractivity contribution in [1.29, 1.82) is 0 Å². The third-order valence-electron chi connectivity index (χ3n) is 3.90. The van der Waals surface area contributed by atoms with E-state index in [2.05, 4.69) is 36.3 Å². The zero-order valence-electron chi connectivity index (χ0n) is 10.9. The van der Waals surface area contributed by atoms with Gasteiger partial charge >= 0.3 is 0 Å². The van der Waals surface area contributed by atoms with Gasteiger partial charge in [-0.15, -0.1) is 0 Å². The second-order valence-electron chi connectivity index (χ2n) is 4.99. The number of hydrogen-bond donors (Lipinski definition) is 1. The molecule has 94 valence electrons. The Labute approximate surface area is 104 Å². The third-order valence-corrected chi connectivity index (χ3v) is 3.90. The van der Waals surface area contributed by atoms with Crippen LogP contribution in [0.5, 0.6) is 0 Å². The van der Waals surface area contributed by atoms with Crippen molar-refractivity contribution in [3.63, 3.8) is 0 Å². The second kappa shape index (κ2) is 5.61. The molecule has 2 heterocycles. The molecule has 3 heteroatoms. The molecule has 0 saturated carbocycles. The number of nitrogens with one attached hydrogen (secondary N) is 1. The number of nitrogens with zero attached hydrogens (tertiary/aromatic N) is 1. The highest BCUT2D eigenvalue weighted by molar-refractivity contribution is 5.18. The van der Waals surface area contributed by atoms with Crippen molar-refractivity contribution in [2.24, 2.45) is 5.92 Å². The normalized spacial score (nSPS) is 27.9. The maximum Gasteiger partial charge on any atom is 0.0760 e. The summed E-state index contributed by atoms with van der Waals surface area (Å²) >= 11 is 0. The molecule has 0 bridgehead atoms. The van der Waals surface area contributed by atoms with Gasteiger partial charge in [0.1, 0.15) is 0 Å². The number of aromatic nitrogens is 1. The van der Waals surface area contributed by atoms with Gasteiger partial charge in [-0.05, 0) is 43.0 Å². The number of rotatable bonds is 4. The Morgan fingerprint density at radius 2 is 2.12 bits per heavy atom. The average molecular weight is 234 g/mol. The first kappa shape index (κ1) is 12.5. The number of likely N-dealkylation sites (N-methyl/N-ethyl adjacent to an activating group) is 1. The van der Waals surface area contributed by atoms with Crippen LogP contribution in [0.4, 0.5) is 0 Å². The number of hydrogen-bond acceptors (Lipinski definition) is 3. The van der Waals surface area contributed by atoms with E-state index in [1.807, 2.05) is 19.4 Å². The van der Waals surface area contributed by atoms with E-state index in [0.29, 0.717) is 24.0 Å². The molecule has 0 aliphatic carbocycles. The van der Waals surface area contributed by atoms with Gasteiger partial charge in [0.25, 0.3) is 0 Å². The van der Waals surface area contributed by atoms with Crippen molar-refractivity contribution in [3.05, 3.63) is 30.1 Å². The Morgan fingerprint density at radius 1 is 1.41 bits per heavy atom. The Morgan fingerprint density at radius 3 is 2.65 bits per heavy atom. The predicted octanol–water partition coefficient (Wildman–Crippen LogP) is 2.20. The van der Waals surface area contributed by atoms with E-state index in [1.54, 1.807) is 0 Å². The van der Waals surface area contributed by atoms with Gasteiger partial charge in [-0.1, -0.05) is 13.8 Å². The lowest BCUT2D eigenvalue weighted by Crippen LogP contribution is -2.43. The van der Waals surface area contributed by atoms with E-state index in [-0.39, 0.29) is 0 Å². The third kappa shape index (κ3) is 2.67. The molecule has 0 spiro atoms. The van der Waals surface area contributed by atoms with Crippen molar-refractivity contribution < 1.29 is 4.74 Å². The van der Waals surface area contributed by atoms with Gasteiger partial charge in [0.2, 0.25) is 0 Å². The van der Waals surface area contributed by atoms with Crippen LogP contribution in [-0.2, 0) is 4.74 Å². The first-order valence-corrected chi connectivity index (χ1v) is 6.43. The molecule has 0 radical (unpaired) electrons. The molecule has 3 nitrogen and oxygen atoms in total.